The van der Waals surface area contributed by atoms with Crippen LogP contribution in [0.3, 0.4) is 0 Å². The molecule has 1 aromatic heterocycles. The summed E-state index contributed by atoms with van der Waals surface area (Å²) in [7, 11) is 0. The molecule has 0 bridgehead atoms. The molecule has 3 atom stereocenters. The van der Waals surface area contributed by atoms with E-state index in [0.717, 1.165) is 41.9 Å². The minimum atomic E-state index is -1.000. The van der Waals surface area contributed by atoms with E-state index in [2.05, 4.69) is 25.8 Å². The number of ether oxygens (including phenoxy) is 1. The molecule has 24 heavy (non-hydrogen) atoms. The molecule has 4 heteroatoms. The Balaban J connectivity index is 3.04. The largest absolute Gasteiger partial charge is 0.366 e. The smallest absolute Gasteiger partial charge is 0.123 e. The Morgan fingerprint density at radius 2 is 1.92 bits per heavy atom. The van der Waals surface area contributed by atoms with Crippen LogP contribution in [0, 0.1) is 12.8 Å². The second-order valence-electron chi connectivity index (χ2n) is 6.86. The molecule has 0 aliphatic heterocycles. The number of alkyl halides is 1. The van der Waals surface area contributed by atoms with Gasteiger partial charge in [-0.2, -0.15) is 0 Å². The molecule has 0 spiro atoms. The van der Waals surface area contributed by atoms with Gasteiger partial charge in [0.25, 0.3) is 0 Å². The first-order valence-corrected chi connectivity index (χ1v) is 9.08. The standard InChI is InChI=1S/C20H33FN2O/c1-8-17-14(5)12-18(22-9-2)20(23-17)16(7)24-19(15(6)21)11-10-13(3)4/h9,12-13,15-16,19H,8,10-11H2,1-7H3/b22-9-/t15?,16?,19-/m1/s1. The van der Waals surface area contributed by atoms with Crippen molar-refractivity contribution in [1.29, 1.82) is 0 Å². The zero-order valence-corrected chi connectivity index (χ0v) is 16.3. The predicted molar refractivity (Wildman–Crippen MR) is 100 cm³/mol. The van der Waals surface area contributed by atoms with Gasteiger partial charge in [0.15, 0.2) is 0 Å². The predicted octanol–water partition coefficient (Wildman–Crippen LogP) is 5.92. The Labute approximate surface area is 146 Å². The normalized spacial score (nSPS) is 15.9. The molecular formula is C20H33FN2O. The third kappa shape index (κ3) is 5.97. The Hall–Kier alpha value is -1.29. The van der Waals surface area contributed by atoms with E-state index in [1.807, 2.05) is 26.8 Å². The number of aromatic nitrogens is 1. The van der Waals surface area contributed by atoms with Crippen LogP contribution in [0.2, 0.25) is 0 Å². The Kier molecular flexibility index (Phi) is 8.54. The molecule has 1 aromatic rings. The summed E-state index contributed by atoms with van der Waals surface area (Å²) in [6, 6.07) is 2.04. The first kappa shape index (κ1) is 20.8. The van der Waals surface area contributed by atoms with Gasteiger partial charge < -0.3 is 4.74 Å². The van der Waals surface area contributed by atoms with Crippen molar-refractivity contribution in [2.24, 2.45) is 10.9 Å². The summed E-state index contributed by atoms with van der Waals surface area (Å²) in [4.78, 5) is 9.18. The van der Waals surface area contributed by atoms with Crippen molar-refractivity contribution in [2.75, 3.05) is 0 Å². The van der Waals surface area contributed by atoms with Crippen LogP contribution in [-0.2, 0) is 11.2 Å². The molecule has 0 aliphatic rings. The molecule has 0 aliphatic carbocycles. The summed E-state index contributed by atoms with van der Waals surface area (Å²) in [5.41, 5.74) is 3.78. The van der Waals surface area contributed by atoms with Crippen molar-refractivity contribution in [1.82, 2.24) is 4.98 Å². The van der Waals surface area contributed by atoms with E-state index in [-0.39, 0.29) is 6.10 Å². The zero-order chi connectivity index (χ0) is 18.3. The number of hydrogen-bond donors (Lipinski definition) is 0. The molecule has 3 nitrogen and oxygen atoms in total. The average molecular weight is 336 g/mol. The van der Waals surface area contributed by atoms with Gasteiger partial charge in [-0.3, -0.25) is 9.98 Å². The third-order valence-electron chi connectivity index (χ3n) is 4.23. The number of hydrogen-bond acceptors (Lipinski definition) is 3. The molecule has 0 aromatic carbocycles. The maximum atomic E-state index is 14.0. The van der Waals surface area contributed by atoms with E-state index in [0.29, 0.717) is 5.92 Å². The van der Waals surface area contributed by atoms with E-state index < -0.39 is 12.3 Å². The van der Waals surface area contributed by atoms with Crippen LogP contribution in [0.25, 0.3) is 0 Å². The van der Waals surface area contributed by atoms with Gasteiger partial charge in [-0.05, 0) is 64.5 Å². The quantitative estimate of drug-likeness (QED) is 0.525. The Bertz CT molecular complexity index is 541. The lowest BCUT2D eigenvalue weighted by Gasteiger charge is -2.25. The Morgan fingerprint density at radius 1 is 1.25 bits per heavy atom. The van der Waals surface area contributed by atoms with Gasteiger partial charge in [0, 0.05) is 11.9 Å². The van der Waals surface area contributed by atoms with Gasteiger partial charge >= 0.3 is 0 Å². The van der Waals surface area contributed by atoms with Crippen LogP contribution >= 0.6 is 0 Å². The fourth-order valence-electron chi connectivity index (χ4n) is 2.78. The molecule has 1 rings (SSSR count). The van der Waals surface area contributed by atoms with E-state index >= 15 is 0 Å². The lowest BCUT2D eigenvalue weighted by Crippen LogP contribution is -2.25. The monoisotopic (exact) mass is 336 g/mol. The van der Waals surface area contributed by atoms with Crippen molar-refractivity contribution in [3.63, 3.8) is 0 Å². The van der Waals surface area contributed by atoms with Gasteiger partial charge in [-0.15, -0.1) is 0 Å². The number of nitrogens with zero attached hydrogens (tertiary/aromatic N) is 2. The first-order chi connectivity index (χ1) is 11.3. The van der Waals surface area contributed by atoms with Crippen LogP contribution in [0.15, 0.2) is 11.1 Å². The van der Waals surface area contributed by atoms with Gasteiger partial charge in [-0.1, -0.05) is 20.8 Å². The van der Waals surface area contributed by atoms with E-state index in [1.165, 1.54) is 0 Å². The van der Waals surface area contributed by atoms with Crippen LogP contribution < -0.4 is 0 Å². The van der Waals surface area contributed by atoms with Crippen LogP contribution in [0.1, 0.15) is 77.4 Å². The van der Waals surface area contributed by atoms with Crippen molar-refractivity contribution in [3.8, 4) is 0 Å². The lowest BCUT2D eigenvalue weighted by molar-refractivity contribution is -0.0488. The van der Waals surface area contributed by atoms with Crippen LogP contribution in [0.4, 0.5) is 10.1 Å². The molecule has 0 N–H and O–H groups in total. The highest BCUT2D eigenvalue weighted by Crippen LogP contribution is 2.31. The van der Waals surface area contributed by atoms with Gasteiger partial charge in [0.05, 0.1) is 23.6 Å². The highest BCUT2D eigenvalue weighted by molar-refractivity contribution is 5.62. The van der Waals surface area contributed by atoms with E-state index in [4.69, 9.17) is 9.72 Å². The van der Waals surface area contributed by atoms with E-state index in [1.54, 1.807) is 13.1 Å². The van der Waals surface area contributed by atoms with Crippen molar-refractivity contribution in [3.05, 3.63) is 23.0 Å². The summed E-state index contributed by atoms with van der Waals surface area (Å²) in [6.07, 6.45) is 2.59. The second kappa shape index (κ2) is 9.87. The SMILES string of the molecule is C/C=N\c1cc(C)c(CC)nc1C(C)O[C@H](CCC(C)C)C(C)F. The van der Waals surface area contributed by atoms with Crippen LogP contribution in [0.5, 0.6) is 0 Å². The maximum absolute atomic E-state index is 14.0. The van der Waals surface area contributed by atoms with Crippen molar-refractivity contribution >= 4 is 11.9 Å². The fraction of sp³-hybridized carbons (Fsp3) is 0.700. The van der Waals surface area contributed by atoms with Crippen molar-refractivity contribution < 1.29 is 9.13 Å². The summed E-state index contributed by atoms with van der Waals surface area (Å²) in [6.45, 7) is 13.8. The fourth-order valence-corrected chi connectivity index (χ4v) is 2.78. The molecule has 136 valence electrons. The molecule has 0 saturated carbocycles. The summed E-state index contributed by atoms with van der Waals surface area (Å²) >= 11 is 0. The molecule has 2 unspecified atom stereocenters. The molecule has 0 radical (unpaired) electrons. The van der Waals surface area contributed by atoms with Gasteiger partial charge in [0.1, 0.15) is 6.17 Å². The van der Waals surface area contributed by atoms with Crippen molar-refractivity contribution in [2.45, 2.75) is 86.1 Å². The molecule has 1 heterocycles. The topological polar surface area (TPSA) is 34.5 Å². The highest BCUT2D eigenvalue weighted by Gasteiger charge is 2.24. The summed E-state index contributed by atoms with van der Waals surface area (Å²) in [5, 5.41) is 0. The number of aryl methyl sites for hydroxylation is 2. The Morgan fingerprint density at radius 3 is 2.42 bits per heavy atom. The molecule has 0 fully saturated rings. The van der Waals surface area contributed by atoms with E-state index in [9.17, 15) is 4.39 Å². The summed E-state index contributed by atoms with van der Waals surface area (Å²) < 4.78 is 20.0. The summed E-state index contributed by atoms with van der Waals surface area (Å²) in [5.74, 6) is 0.537. The third-order valence-corrected chi connectivity index (χ3v) is 4.23. The highest BCUT2D eigenvalue weighted by atomic mass is 19.1. The minimum Gasteiger partial charge on any atom is -0.366 e. The number of aliphatic imine (C=N–C) groups is 1. The van der Waals surface area contributed by atoms with Gasteiger partial charge in [0.2, 0.25) is 0 Å². The maximum Gasteiger partial charge on any atom is 0.123 e. The molecule has 0 saturated heterocycles. The average Bonchev–Trinajstić information content (AvgIpc) is 2.51. The minimum absolute atomic E-state index is 0.287. The zero-order valence-electron chi connectivity index (χ0n) is 16.3. The van der Waals surface area contributed by atoms with Gasteiger partial charge in [-0.25, -0.2) is 4.39 Å². The lowest BCUT2D eigenvalue weighted by atomic mass is 10.0. The number of pyridine rings is 1. The molecular weight excluding hydrogens is 303 g/mol. The molecule has 0 amide bonds. The number of halogens is 1. The second-order valence-corrected chi connectivity index (χ2v) is 6.86. The number of rotatable bonds is 9. The van der Waals surface area contributed by atoms with Crippen LogP contribution in [-0.4, -0.2) is 23.5 Å². The first-order valence-electron chi connectivity index (χ1n) is 9.08.